The van der Waals surface area contributed by atoms with Crippen LogP contribution in [-0.4, -0.2) is 61.7 Å². The molecule has 0 amide bonds. The zero-order chi connectivity index (χ0) is 9.60. The summed E-state index contributed by atoms with van der Waals surface area (Å²) in [6, 6.07) is 0.876. The van der Waals surface area contributed by atoms with Crippen molar-refractivity contribution < 1.29 is 0 Å². The van der Waals surface area contributed by atoms with Crippen LogP contribution in [0.15, 0.2) is 0 Å². The van der Waals surface area contributed by atoms with Crippen molar-refractivity contribution in [1.29, 1.82) is 0 Å². The van der Waals surface area contributed by atoms with E-state index < -0.39 is 0 Å². The fourth-order valence-electron chi connectivity index (χ4n) is 3.13. The zero-order valence-corrected chi connectivity index (χ0v) is 9.13. The van der Waals surface area contributed by atoms with E-state index in [4.69, 9.17) is 0 Å². The van der Waals surface area contributed by atoms with Gasteiger partial charge in [0.2, 0.25) is 0 Å². The predicted octanol–water partition coefficient (Wildman–Crippen LogP) is -0.0142. The molecular formula is C11H21N3. The summed E-state index contributed by atoms with van der Waals surface area (Å²) in [5.41, 5.74) is 0.574. The molecule has 3 aliphatic heterocycles. The molecule has 14 heavy (non-hydrogen) atoms. The van der Waals surface area contributed by atoms with E-state index in [2.05, 4.69) is 22.0 Å². The van der Waals surface area contributed by atoms with Gasteiger partial charge in [0, 0.05) is 50.7 Å². The Hall–Kier alpha value is -0.120. The van der Waals surface area contributed by atoms with Gasteiger partial charge in [-0.1, -0.05) is 6.92 Å². The Labute approximate surface area is 86.4 Å². The number of nitrogens with zero attached hydrogens (tertiary/aromatic N) is 2. The summed E-state index contributed by atoms with van der Waals surface area (Å²) in [6.45, 7) is 11.5. The highest BCUT2D eigenvalue weighted by atomic mass is 15.3. The van der Waals surface area contributed by atoms with E-state index in [1.165, 1.54) is 52.2 Å². The molecule has 0 aliphatic carbocycles. The van der Waals surface area contributed by atoms with Gasteiger partial charge in [-0.2, -0.15) is 0 Å². The summed E-state index contributed by atoms with van der Waals surface area (Å²) in [7, 11) is 0. The van der Waals surface area contributed by atoms with Crippen molar-refractivity contribution in [3.8, 4) is 0 Å². The number of rotatable bonds is 2. The summed E-state index contributed by atoms with van der Waals surface area (Å²) in [4.78, 5) is 5.35. The number of fused-ring (bicyclic) bond motifs is 2. The van der Waals surface area contributed by atoms with Gasteiger partial charge in [-0.25, -0.2) is 0 Å². The van der Waals surface area contributed by atoms with Crippen molar-refractivity contribution in [3.05, 3.63) is 0 Å². The Morgan fingerprint density at radius 2 is 2.14 bits per heavy atom. The third-order valence-corrected chi connectivity index (χ3v) is 4.16. The molecule has 3 heterocycles. The van der Waals surface area contributed by atoms with E-state index in [1.54, 1.807) is 0 Å². The van der Waals surface area contributed by atoms with E-state index in [1.807, 2.05) is 0 Å². The van der Waals surface area contributed by atoms with E-state index in [0.717, 1.165) is 6.04 Å². The minimum atomic E-state index is 0.574. The van der Waals surface area contributed by atoms with Crippen LogP contribution in [0.25, 0.3) is 0 Å². The molecule has 0 radical (unpaired) electrons. The summed E-state index contributed by atoms with van der Waals surface area (Å²) >= 11 is 0. The number of hydrogen-bond donors (Lipinski definition) is 1. The van der Waals surface area contributed by atoms with Crippen LogP contribution in [-0.2, 0) is 0 Å². The Kier molecular flexibility index (Phi) is 2.08. The molecular weight excluding hydrogens is 174 g/mol. The van der Waals surface area contributed by atoms with Gasteiger partial charge >= 0.3 is 0 Å². The van der Waals surface area contributed by atoms with Gasteiger partial charge in [-0.05, 0) is 13.0 Å². The highest BCUT2D eigenvalue weighted by molar-refractivity contribution is 4.96. The van der Waals surface area contributed by atoms with Gasteiger partial charge in [0.1, 0.15) is 0 Å². The average Bonchev–Trinajstić information content (AvgIpc) is 2.51. The van der Waals surface area contributed by atoms with Gasteiger partial charge in [0.05, 0.1) is 0 Å². The van der Waals surface area contributed by atoms with Crippen molar-refractivity contribution in [3.63, 3.8) is 0 Å². The lowest BCUT2D eigenvalue weighted by Gasteiger charge is -2.46. The maximum absolute atomic E-state index is 3.40. The maximum Gasteiger partial charge on any atom is 0.0236 e. The molecule has 2 unspecified atom stereocenters. The van der Waals surface area contributed by atoms with E-state index in [-0.39, 0.29) is 0 Å². The van der Waals surface area contributed by atoms with Crippen LogP contribution in [0.4, 0.5) is 0 Å². The highest BCUT2D eigenvalue weighted by Gasteiger charge is 2.39. The van der Waals surface area contributed by atoms with Crippen LogP contribution >= 0.6 is 0 Å². The molecule has 0 saturated carbocycles. The second-order valence-corrected chi connectivity index (χ2v) is 5.63. The quantitative estimate of drug-likeness (QED) is 0.668. The van der Waals surface area contributed by atoms with Crippen molar-refractivity contribution in [2.75, 3.05) is 45.8 Å². The van der Waals surface area contributed by atoms with Gasteiger partial charge in [0.15, 0.2) is 0 Å². The summed E-state index contributed by atoms with van der Waals surface area (Å²) < 4.78 is 0. The molecule has 2 bridgehead atoms. The lowest BCUT2D eigenvalue weighted by atomic mass is 9.83. The maximum atomic E-state index is 3.40. The molecule has 3 saturated heterocycles. The molecule has 3 nitrogen and oxygen atoms in total. The Bertz CT molecular complexity index is 225. The molecule has 1 N–H and O–H groups in total. The van der Waals surface area contributed by atoms with Crippen molar-refractivity contribution in [1.82, 2.24) is 15.1 Å². The molecule has 0 aromatic rings. The molecule has 0 aromatic heterocycles. The van der Waals surface area contributed by atoms with E-state index in [9.17, 15) is 0 Å². The van der Waals surface area contributed by atoms with Gasteiger partial charge in [-0.15, -0.1) is 0 Å². The van der Waals surface area contributed by atoms with Gasteiger partial charge < -0.3 is 10.2 Å². The predicted molar refractivity (Wildman–Crippen MR) is 57.4 cm³/mol. The second kappa shape index (κ2) is 3.19. The fourth-order valence-corrected chi connectivity index (χ4v) is 3.13. The van der Waals surface area contributed by atoms with Crippen LogP contribution in [0.3, 0.4) is 0 Å². The smallest absolute Gasteiger partial charge is 0.0236 e. The minimum Gasteiger partial charge on any atom is -0.315 e. The average molecular weight is 195 g/mol. The van der Waals surface area contributed by atoms with Crippen LogP contribution < -0.4 is 5.32 Å². The first-order chi connectivity index (χ1) is 6.75. The van der Waals surface area contributed by atoms with Crippen LogP contribution in [0, 0.1) is 5.41 Å². The Morgan fingerprint density at radius 1 is 1.29 bits per heavy atom. The van der Waals surface area contributed by atoms with Crippen molar-refractivity contribution in [2.24, 2.45) is 5.41 Å². The molecule has 2 atom stereocenters. The number of nitrogens with one attached hydrogen (secondary N) is 1. The first-order valence-corrected chi connectivity index (χ1v) is 5.92. The van der Waals surface area contributed by atoms with Crippen molar-refractivity contribution in [2.45, 2.75) is 19.4 Å². The van der Waals surface area contributed by atoms with Gasteiger partial charge in [-0.3, -0.25) is 4.90 Å². The zero-order valence-electron chi connectivity index (χ0n) is 9.13. The normalized spacial score (nSPS) is 40.9. The molecule has 3 fully saturated rings. The fraction of sp³-hybridized carbons (Fsp3) is 1.00. The van der Waals surface area contributed by atoms with Crippen LogP contribution in [0.1, 0.15) is 13.3 Å². The molecule has 3 heteroatoms. The SMILES string of the molecule is CC1(CN2CCN3CCC2C3)CNC1. The largest absolute Gasteiger partial charge is 0.315 e. The van der Waals surface area contributed by atoms with Crippen LogP contribution in [0.2, 0.25) is 0 Å². The summed E-state index contributed by atoms with van der Waals surface area (Å²) in [5.74, 6) is 0. The first-order valence-electron chi connectivity index (χ1n) is 5.92. The molecule has 0 spiro atoms. The molecule has 80 valence electrons. The third-order valence-electron chi connectivity index (χ3n) is 4.16. The highest BCUT2D eigenvalue weighted by Crippen LogP contribution is 2.28. The van der Waals surface area contributed by atoms with Gasteiger partial charge in [0.25, 0.3) is 0 Å². The lowest BCUT2D eigenvalue weighted by Crippen LogP contribution is -2.60. The Morgan fingerprint density at radius 3 is 2.86 bits per heavy atom. The standard InChI is InChI=1S/C11H21N3/c1-11(7-12-8-11)9-14-5-4-13-3-2-10(14)6-13/h10,12H,2-9H2,1H3. The topological polar surface area (TPSA) is 18.5 Å². The number of piperazine rings is 1. The summed E-state index contributed by atoms with van der Waals surface area (Å²) in [5, 5.41) is 3.40. The van der Waals surface area contributed by atoms with Crippen LogP contribution in [0.5, 0.6) is 0 Å². The first kappa shape index (κ1) is 9.13. The van der Waals surface area contributed by atoms with E-state index in [0.29, 0.717) is 5.41 Å². The molecule has 3 rings (SSSR count). The second-order valence-electron chi connectivity index (χ2n) is 5.63. The lowest BCUT2D eigenvalue weighted by molar-refractivity contribution is 0.0570. The van der Waals surface area contributed by atoms with E-state index >= 15 is 0 Å². The third kappa shape index (κ3) is 1.47. The minimum absolute atomic E-state index is 0.574. The summed E-state index contributed by atoms with van der Waals surface area (Å²) in [6.07, 6.45) is 1.41. The van der Waals surface area contributed by atoms with Crippen molar-refractivity contribution >= 4 is 0 Å². The number of hydrogen-bond acceptors (Lipinski definition) is 3. The Balaban J connectivity index is 1.61. The monoisotopic (exact) mass is 195 g/mol. The molecule has 0 aromatic carbocycles. The molecule has 3 aliphatic rings.